The van der Waals surface area contributed by atoms with Gasteiger partial charge in [0.1, 0.15) is 5.75 Å². The summed E-state index contributed by atoms with van der Waals surface area (Å²) in [5.74, 6) is 0.354. The predicted octanol–water partition coefficient (Wildman–Crippen LogP) is 3.93. The van der Waals surface area contributed by atoms with E-state index in [0.717, 1.165) is 17.5 Å². The maximum atomic E-state index is 11.6. The monoisotopic (exact) mass is 270 g/mol. The minimum Gasteiger partial charge on any atom is -0.493 e. The van der Waals surface area contributed by atoms with Gasteiger partial charge in [0.05, 0.1) is 19.3 Å². The molecule has 0 aromatic heterocycles. The number of rotatable bonds is 5. The molecule has 3 heteroatoms. The standard InChI is InChI=1S/C17H18O3/c1-3-11-20-16-12-14(17(18)19-2)9-10-15(16)13-7-5-4-6-8-13/h4-10,12H,3,11H2,1-2H3. The molecule has 0 N–H and O–H groups in total. The number of ether oxygens (including phenoxy) is 2. The van der Waals surface area contributed by atoms with Gasteiger partial charge in [-0.05, 0) is 30.2 Å². The number of esters is 1. The maximum absolute atomic E-state index is 11.6. The van der Waals surface area contributed by atoms with Crippen LogP contribution >= 0.6 is 0 Å². The van der Waals surface area contributed by atoms with E-state index in [9.17, 15) is 4.79 Å². The molecule has 0 spiro atoms. The molecule has 3 nitrogen and oxygen atoms in total. The van der Waals surface area contributed by atoms with E-state index in [1.54, 1.807) is 12.1 Å². The highest BCUT2D eigenvalue weighted by molar-refractivity contribution is 5.91. The van der Waals surface area contributed by atoms with Crippen LogP contribution in [0.4, 0.5) is 0 Å². The van der Waals surface area contributed by atoms with Crippen LogP contribution in [0.25, 0.3) is 11.1 Å². The molecular weight excluding hydrogens is 252 g/mol. The first kappa shape index (κ1) is 14.1. The van der Waals surface area contributed by atoms with Crippen LogP contribution in [0.3, 0.4) is 0 Å². The lowest BCUT2D eigenvalue weighted by atomic mass is 10.0. The van der Waals surface area contributed by atoms with Gasteiger partial charge >= 0.3 is 5.97 Å². The molecule has 104 valence electrons. The number of hydrogen-bond donors (Lipinski definition) is 0. The van der Waals surface area contributed by atoms with Crippen molar-refractivity contribution in [2.45, 2.75) is 13.3 Å². The summed E-state index contributed by atoms with van der Waals surface area (Å²) in [5.41, 5.74) is 2.54. The second-order valence-corrected chi connectivity index (χ2v) is 4.42. The molecule has 2 aromatic rings. The second-order valence-electron chi connectivity index (χ2n) is 4.42. The van der Waals surface area contributed by atoms with Gasteiger partial charge in [0.2, 0.25) is 0 Å². The van der Waals surface area contributed by atoms with Gasteiger partial charge < -0.3 is 9.47 Å². The first-order chi connectivity index (χ1) is 9.76. The fraction of sp³-hybridized carbons (Fsp3) is 0.235. The number of carbonyl (C=O) groups excluding carboxylic acids is 1. The average Bonchev–Trinajstić information content (AvgIpc) is 2.52. The molecule has 0 unspecified atom stereocenters. The number of hydrogen-bond acceptors (Lipinski definition) is 3. The maximum Gasteiger partial charge on any atom is 0.337 e. The van der Waals surface area contributed by atoms with E-state index >= 15 is 0 Å². The summed E-state index contributed by atoms with van der Waals surface area (Å²) in [7, 11) is 1.38. The minimum atomic E-state index is -0.356. The average molecular weight is 270 g/mol. The van der Waals surface area contributed by atoms with Crippen molar-refractivity contribution in [2.75, 3.05) is 13.7 Å². The Morgan fingerprint density at radius 2 is 1.85 bits per heavy atom. The van der Waals surface area contributed by atoms with Gasteiger partial charge in [-0.2, -0.15) is 0 Å². The van der Waals surface area contributed by atoms with Crippen molar-refractivity contribution in [2.24, 2.45) is 0 Å². The van der Waals surface area contributed by atoms with Crippen molar-refractivity contribution in [1.29, 1.82) is 0 Å². The van der Waals surface area contributed by atoms with Crippen molar-refractivity contribution in [3.8, 4) is 16.9 Å². The SMILES string of the molecule is CCCOc1cc(C(=O)OC)ccc1-c1ccccc1. The summed E-state index contributed by atoms with van der Waals surface area (Å²) in [6.07, 6.45) is 0.913. The summed E-state index contributed by atoms with van der Waals surface area (Å²) in [5, 5.41) is 0. The Labute approximate surface area is 119 Å². The molecule has 0 amide bonds. The van der Waals surface area contributed by atoms with Gasteiger partial charge in [0, 0.05) is 5.56 Å². The zero-order chi connectivity index (χ0) is 14.4. The highest BCUT2D eigenvalue weighted by atomic mass is 16.5. The molecule has 0 heterocycles. The molecule has 0 saturated carbocycles. The van der Waals surface area contributed by atoms with Crippen molar-refractivity contribution in [3.05, 3.63) is 54.1 Å². The van der Waals surface area contributed by atoms with Crippen LogP contribution in [0.15, 0.2) is 48.5 Å². The second kappa shape index (κ2) is 6.75. The van der Waals surface area contributed by atoms with E-state index in [-0.39, 0.29) is 5.97 Å². The zero-order valence-electron chi connectivity index (χ0n) is 11.8. The topological polar surface area (TPSA) is 35.5 Å². The molecule has 20 heavy (non-hydrogen) atoms. The van der Waals surface area contributed by atoms with Crippen LogP contribution in [0.2, 0.25) is 0 Å². The van der Waals surface area contributed by atoms with Crippen molar-refractivity contribution < 1.29 is 14.3 Å². The van der Waals surface area contributed by atoms with E-state index in [4.69, 9.17) is 9.47 Å². The molecule has 0 radical (unpaired) electrons. The van der Waals surface area contributed by atoms with Gasteiger partial charge in [0.25, 0.3) is 0 Å². The smallest absolute Gasteiger partial charge is 0.337 e. The summed E-state index contributed by atoms with van der Waals surface area (Å²) < 4.78 is 10.5. The highest BCUT2D eigenvalue weighted by Crippen LogP contribution is 2.31. The Balaban J connectivity index is 2.42. The normalized spacial score (nSPS) is 10.1. The Morgan fingerprint density at radius 3 is 2.50 bits per heavy atom. The largest absolute Gasteiger partial charge is 0.493 e. The van der Waals surface area contributed by atoms with Gasteiger partial charge in [-0.25, -0.2) is 4.79 Å². The van der Waals surface area contributed by atoms with Crippen LogP contribution in [0.5, 0.6) is 5.75 Å². The lowest BCUT2D eigenvalue weighted by Crippen LogP contribution is -2.03. The molecule has 0 saturated heterocycles. The minimum absolute atomic E-state index is 0.356. The summed E-state index contributed by atoms with van der Waals surface area (Å²) in [4.78, 5) is 11.6. The Bertz CT molecular complexity index is 576. The fourth-order valence-electron chi connectivity index (χ4n) is 1.95. The molecule has 2 aromatic carbocycles. The van der Waals surface area contributed by atoms with Gasteiger partial charge in [-0.1, -0.05) is 37.3 Å². The quantitative estimate of drug-likeness (QED) is 0.772. The third-order valence-corrected chi connectivity index (χ3v) is 2.95. The van der Waals surface area contributed by atoms with Gasteiger partial charge in [0.15, 0.2) is 0 Å². The molecule has 0 aliphatic carbocycles. The number of benzene rings is 2. The summed E-state index contributed by atoms with van der Waals surface area (Å²) >= 11 is 0. The Kier molecular flexibility index (Phi) is 4.77. The molecule has 2 rings (SSSR count). The van der Waals surface area contributed by atoms with Crippen LogP contribution in [-0.2, 0) is 4.74 Å². The van der Waals surface area contributed by atoms with Gasteiger partial charge in [-0.3, -0.25) is 0 Å². The molecule has 0 fully saturated rings. The van der Waals surface area contributed by atoms with E-state index < -0.39 is 0 Å². The Hall–Kier alpha value is -2.29. The van der Waals surface area contributed by atoms with E-state index in [2.05, 4.69) is 0 Å². The van der Waals surface area contributed by atoms with Crippen molar-refractivity contribution >= 4 is 5.97 Å². The molecule has 0 aliphatic rings. The molecule has 0 aliphatic heterocycles. The van der Waals surface area contributed by atoms with E-state index in [1.165, 1.54) is 7.11 Å². The summed E-state index contributed by atoms with van der Waals surface area (Å²) in [6.45, 7) is 2.66. The van der Waals surface area contributed by atoms with Crippen molar-refractivity contribution in [3.63, 3.8) is 0 Å². The lowest BCUT2D eigenvalue weighted by Gasteiger charge is -2.12. The Morgan fingerprint density at radius 1 is 1.10 bits per heavy atom. The molecular formula is C17H18O3. The van der Waals surface area contributed by atoms with Gasteiger partial charge in [-0.15, -0.1) is 0 Å². The third-order valence-electron chi connectivity index (χ3n) is 2.95. The fourth-order valence-corrected chi connectivity index (χ4v) is 1.95. The molecule has 0 bridgehead atoms. The first-order valence-corrected chi connectivity index (χ1v) is 6.67. The summed E-state index contributed by atoms with van der Waals surface area (Å²) in [6, 6.07) is 15.4. The lowest BCUT2D eigenvalue weighted by molar-refractivity contribution is 0.0600. The third kappa shape index (κ3) is 3.18. The predicted molar refractivity (Wildman–Crippen MR) is 79.0 cm³/mol. The van der Waals surface area contributed by atoms with Crippen molar-refractivity contribution in [1.82, 2.24) is 0 Å². The first-order valence-electron chi connectivity index (χ1n) is 6.67. The zero-order valence-corrected chi connectivity index (χ0v) is 11.8. The van der Waals surface area contributed by atoms with Crippen LogP contribution in [0.1, 0.15) is 23.7 Å². The highest BCUT2D eigenvalue weighted by Gasteiger charge is 2.12. The molecule has 0 atom stereocenters. The van der Waals surface area contributed by atoms with Crippen LogP contribution in [0, 0.1) is 0 Å². The van der Waals surface area contributed by atoms with E-state index in [1.807, 2.05) is 43.3 Å². The van der Waals surface area contributed by atoms with Crippen LogP contribution < -0.4 is 4.74 Å². The van der Waals surface area contributed by atoms with E-state index in [0.29, 0.717) is 17.9 Å². The van der Waals surface area contributed by atoms with Crippen LogP contribution in [-0.4, -0.2) is 19.7 Å². The number of carbonyl (C=O) groups is 1. The number of methoxy groups -OCH3 is 1.